The van der Waals surface area contributed by atoms with Crippen molar-refractivity contribution in [3.63, 3.8) is 0 Å². The van der Waals surface area contributed by atoms with Crippen molar-refractivity contribution in [1.29, 1.82) is 0 Å². The number of aryl methyl sites for hydroxylation is 3. The van der Waals surface area contributed by atoms with E-state index in [2.05, 4.69) is 47.2 Å². The van der Waals surface area contributed by atoms with E-state index in [0.29, 0.717) is 23.3 Å². The Bertz CT molecular complexity index is 1870. The third kappa shape index (κ3) is 4.10. The van der Waals surface area contributed by atoms with E-state index in [9.17, 15) is 10.2 Å². The molecule has 0 spiro atoms. The minimum atomic E-state index is -0.436. The molecule has 0 fully saturated rings. The van der Waals surface area contributed by atoms with Crippen LogP contribution in [0, 0.1) is 20.8 Å². The number of phenolic OH excluding ortho intramolecular Hbond substituents is 2. The van der Waals surface area contributed by atoms with Crippen molar-refractivity contribution < 1.29 is 10.2 Å². The van der Waals surface area contributed by atoms with Gasteiger partial charge in [0.15, 0.2) is 34.8 Å². The first-order chi connectivity index (χ1) is 19.9. The average Bonchev–Trinajstić information content (AvgIpc) is 3.29. The topological polar surface area (TPSA) is 111 Å². The zero-order valence-corrected chi connectivity index (χ0v) is 22.7. The highest BCUT2D eigenvalue weighted by Gasteiger charge is 2.41. The van der Waals surface area contributed by atoms with Gasteiger partial charge in [-0.05, 0) is 86.0 Å². The van der Waals surface area contributed by atoms with Crippen LogP contribution >= 0.6 is 0 Å². The first-order valence-corrected chi connectivity index (χ1v) is 13.3. The van der Waals surface area contributed by atoms with Crippen LogP contribution in [0.2, 0.25) is 0 Å². The molecule has 2 aromatic heterocycles. The third-order valence-corrected chi connectivity index (χ3v) is 7.30. The summed E-state index contributed by atoms with van der Waals surface area (Å²) < 4.78 is 1.75. The molecule has 0 saturated heterocycles. The second kappa shape index (κ2) is 9.34. The van der Waals surface area contributed by atoms with Crippen LogP contribution in [0.15, 0.2) is 95.0 Å². The van der Waals surface area contributed by atoms with Gasteiger partial charge in [0.05, 0.1) is 23.1 Å². The number of nitrogens with zero attached hydrogens (tertiary/aromatic N) is 6. The highest BCUT2D eigenvalue weighted by molar-refractivity contribution is 6.51. The Morgan fingerprint density at radius 2 is 1.59 bits per heavy atom. The van der Waals surface area contributed by atoms with E-state index in [4.69, 9.17) is 15.1 Å². The van der Waals surface area contributed by atoms with E-state index in [1.165, 1.54) is 6.07 Å². The summed E-state index contributed by atoms with van der Waals surface area (Å²) in [7, 11) is 0. The molecule has 1 atom stereocenters. The van der Waals surface area contributed by atoms with E-state index in [1.54, 1.807) is 16.9 Å². The summed E-state index contributed by atoms with van der Waals surface area (Å²) in [5.74, 6) is 2.06. The molecule has 0 unspecified atom stereocenters. The largest absolute Gasteiger partial charge is 0.504 e. The number of hydrogen-bond acceptors (Lipinski definition) is 8. The molecule has 2 aliphatic rings. The third-order valence-electron chi connectivity index (χ3n) is 7.30. The van der Waals surface area contributed by atoms with Gasteiger partial charge in [0.25, 0.3) is 0 Å². The number of anilines is 2. The van der Waals surface area contributed by atoms with Crippen molar-refractivity contribution >= 4 is 34.6 Å². The Kier molecular flexibility index (Phi) is 5.60. The van der Waals surface area contributed by atoms with Crippen molar-refractivity contribution in [2.75, 3.05) is 10.2 Å². The lowest BCUT2D eigenvalue weighted by Gasteiger charge is -2.40. The molecule has 0 amide bonds. The SMILES string of the molecule is Cc1cc(C)cc(NC2=Nc3ccccc3N3C2=Nc2c(c(C)nn2-c2ccccn2)[C@@H]3c2ccc(O)c(O)c2)c1. The van der Waals surface area contributed by atoms with Crippen molar-refractivity contribution in [3.8, 4) is 17.3 Å². The van der Waals surface area contributed by atoms with Gasteiger partial charge >= 0.3 is 0 Å². The van der Waals surface area contributed by atoms with Crippen LogP contribution in [0.5, 0.6) is 11.5 Å². The maximum absolute atomic E-state index is 10.6. The van der Waals surface area contributed by atoms with Gasteiger partial charge in [0, 0.05) is 17.4 Å². The minimum absolute atomic E-state index is 0.183. The first kappa shape index (κ1) is 24.6. The number of phenols is 2. The van der Waals surface area contributed by atoms with Crippen LogP contribution in [0.1, 0.15) is 34.0 Å². The molecule has 0 aliphatic carbocycles. The fraction of sp³-hybridized carbons (Fsp3) is 0.125. The van der Waals surface area contributed by atoms with Crippen LogP contribution in [-0.2, 0) is 0 Å². The fourth-order valence-electron chi connectivity index (χ4n) is 5.65. The number of fused-ring (bicyclic) bond motifs is 4. The van der Waals surface area contributed by atoms with Gasteiger partial charge in [-0.1, -0.05) is 30.3 Å². The Morgan fingerprint density at radius 1 is 0.805 bits per heavy atom. The van der Waals surface area contributed by atoms with Gasteiger partial charge in [0.2, 0.25) is 0 Å². The summed E-state index contributed by atoms with van der Waals surface area (Å²) >= 11 is 0. The number of pyridine rings is 1. The van der Waals surface area contributed by atoms with Gasteiger partial charge < -0.3 is 20.4 Å². The first-order valence-electron chi connectivity index (χ1n) is 13.3. The average molecular weight is 542 g/mol. The Labute approximate surface area is 236 Å². The van der Waals surface area contributed by atoms with Gasteiger partial charge in [-0.2, -0.15) is 9.78 Å². The molecule has 7 rings (SSSR count). The molecule has 0 radical (unpaired) electrons. The highest BCUT2D eigenvalue weighted by Crippen LogP contribution is 2.49. The molecule has 0 saturated carbocycles. The smallest absolute Gasteiger partial charge is 0.179 e. The molecule has 9 nitrogen and oxygen atoms in total. The second-order valence-corrected chi connectivity index (χ2v) is 10.3. The number of amidine groups is 2. The molecule has 4 heterocycles. The lowest BCUT2D eigenvalue weighted by atomic mass is 9.93. The van der Waals surface area contributed by atoms with Crippen molar-refractivity contribution in [2.24, 2.45) is 9.98 Å². The van der Waals surface area contributed by atoms with E-state index in [1.807, 2.05) is 55.5 Å². The van der Waals surface area contributed by atoms with Crippen molar-refractivity contribution in [1.82, 2.24) is 14.8 Å². The van der Waals surface area contributed by atoms with Gasteiger partial charge in [-0.3, -0.25) is 0 Å². The molecular weight excluding hydrogens is 514 g/mol. The van der Waals surface area contributed by atoms with Crippen molar-refractivity contribution in [3.05, 3.63) is 113 Å². The van der Waals surface area contributed by atoms with Gasteiger partial charge in [-0.15, -0.1) is 0 Å². The minimum Gasteiger partial charge on any atom is -0.504 e. The number of rotatable bonds is 3. The van der Waals surface area contributed by atoms with E-state index in [0.717, 1.165) is 45.0 Å². The van der Waals surface area contributed by atoms with Crippen LogP contribution in [0.25, 0.3) is 5.82 Å². The summed E-state index contributed by atoms with van der Waals surface area (Å²) in [6.07, 6.45) is 1.72. The maximum Gasteiger partial charge on any atom is 0.179 e. The second-order valence-electron chi connectivity index (χ2n) is 10.3. The van der Waals surface area contributed by atoms with Gasteiger partial charge in [0.1, 0.15) is 0 Å². The molecule has 0 bridgehead atoms. The Balaban J connectivity index is 1.50. The number of para-hydroxylation sites is 2. The predicted molar refractivity (Wildman–Crippen MR) is 160 cm³/mol. The number of hydrogen-bond donors (Lipinski definition) is 3. The Morgan fingerprint density at radius 3 is 2.34 bits per heavy atom. The molecule has 5 aromatic rings. The number of benzene rings is 3. The van der Waals surface area contributed by atoms with E-state index < -0.39 is 6.04 Å². The maximum atomic E-state index is 10.6. The van der Waals surface area contributed by atoms with E-state index in [-0.39, 0.29) is 11.5 Å². The summed E-state index contributed by atoms with van der Waals surface area (Å²) in [6, 6.07) is 24.3. The van der Waals surface area contributed by atoms with Crippen LogP contribution in [0.3, 0.4) is 0 Å². The van der Waals surface area contributed by atoms with Crippen LogP contribution < -0.4 is 10.2 Å². The lowest BCUT2D eigenvalue weighted by molar-refractivity contribution is 0.403. The molecule has 41 heavy (non-hydrogen) atoms. The van der Waals surface area contributed by atoms with Crippen molar-refractivity contribution in [2.45, 2.75) is 26.8 Å². The molecular formula is C32H27N7O2. The molecule has 9 heteroatoms. The van der Waals surface area contributed by atoms with Crippen LogP contribution in [0.4, 0.5) is 22.9 Å². The molecule has 2 aliphatic heterocycles. The summed E-state index contributed by atoms with van der Waals surface area (Å²) in [5.41, 5.74) is 7.23. The highest BCUT2D eigenvalue weighted by atomic mass is 16.3. The molecule has 3 aromatic carbocycles. The van der Waals surface area contributed by atoms with E-state index >= 15 is 0 Å². The molecule has 3 N–H and O–H groups in total. The zero-order chi connectivity index (χ0) is 28.2. The van der Waals surface area contributed by atoms with Crippen LogP contribution in [-0.4, -0.2) is 36.6 Å². The zero-order valence-electron chi connectivity index (χ0n) is 22.7. The predicted octanol–water partition coefficient (Wildman–Crippen LogP) is 6.40. The number of nitrogens with one attached hydrogen (secondary N) is 1. The number of aromatic hydroxyl groups is 2. The Hall–Kier alpha value is -5.44. The summed E-state index contributed by atoms with van der Waals surface area (Å²) in [4.78, 5) is 16.9. The molecule has 202 valence electrons. The number of aromatic nitrogens is 3. The summed E-state index contributed by atoms with van der Waals surface area (Å²) in [6.45, 7) is 6.08. The quantitative estimate of drug-likeness (QED) is 0.228. The lowest BCUT2D eigenvalue weighted by Crippen LogP contribution is -2.46. The van der Waals surface area contributed by atoms with Gasteiger partial charge in [-0.25, -0.2) is 15.0 Å². The standard InChI is InChI=1S/C32H27N7O2/c1-18-14-19(2)16-22(15-18)34-30-32-36-31-28(20(3)37-39(31)27-10-6-7-13-33-27)29(21-11-12-25(40)26(41)17-21)38(32)24-9-5-4-8-23(24)35-30/h4-17,29,40-41H,1-3H3,(H,34,35)/t29-/m0/s1. The number of aliphatic imine (C=N–C) groups is 2. The monoisotopic (exact) mass is 541 g/mol. The normalized spacial score (nSPS) is 15.4. The summed E-state index contributed by atoms with van der Waals surface area (Å²) in [5, 5.41) is 29.1. The fourth-order valence-corrected chi connectivity index (χ4v) is 5.65.